The molecule has 1 N–H and O–H groups in total. The molecular formula is C11H17ClN2OS. The number of carbonyl (C=O) groups is 1. The highest BCUT2D eigenvalue weighted by atomic mass is 35.5. The second-order valence-corrected chi connectivity index (χ2v) is 5.68. The van der Waals surface area contributed by atoms with E-state index in [0.717, 1.165) is 12.1 Å². The predicted molar refractivity (Wildman–Crippen MR) is 68.3 cm³/mol. The summed E-state index contributed by atoms with van der Waals surface area (Å²) in [6.45, 7) is 6.57. The van der Waals surface area contributed by atoms with Gasteiger partial charge in [-0.25, -0.2) is 4.98 Å². The van der Waals surface area contributed by atoms with Crippen LogP contribution in [0.25, 0.3) is 0 Å². The molecule has 0 aliphatic heterocycles. The van der Waals surface area contributed by atoms with Gasteiger partial charge in [0.05, 0.1) is 16.6 Å². The average Bonchev–Trinajstić information content (AvgIpc) is 2.60. The number of nitrogens with zero attached hydrogens (tertiary/aromatic N) is 1. The van der Waals surface area contributed by atoms with Crippen LogP contribution in [-0.2, 0) is 0 Å². The molecule has 1 aromatic rings. The first kappa shape index (κ1) is 13.5. The van der Waals surface area contributed by atoms with Gasteiger partial charge in [-0.2, -0.15) is 0 Å². The zero-order chi connectivity index (χ0) is 12.1. The fourth-order valence-electron chi connectivity index (χ4n) is 1.40. The van der Waals surface area contributed by atoms with Gasteiger partial charge in [-0.3, -0.25) is 4.79 Å². The van der Waals surface area contributed by atoms with Crippen LogP contribution in [0, 0.1) is 12.8 Å². The summed E-state index contributed by atoms with van der Waals surface area (Å²) in [4.78, 5) is 16.4. The van der Waals surface area contributed by atoms with E-state index in [1.165, 1.54) is 11.3 Å². The lowest BCUT2D eigenvalue weighted by Crippen LogP contribution is -2.30. The van der Waals surface area contributed by atoms with Crippen LogP contribution in [-0.4, -0.2) is 22.8 Å². The number of halogens is 1. The maximum absolute atomic E-state index is 11.7. The maximum atomic E-state index is 11.7. The SMILES string of the molecule is Cc1ncsc1C(=O)NCC(Cl)CC(C)C. The molecule has 0 saturated carbocycles. The van der Waals surface area contributed by atoms with Gasteiger partial charge in [0.25, 0.3) is 5.91 Å². The number of rotatable bonds is 5. The molecule has 1 heterocycles. The second-order valence-electron chi connectivity index (χ2n) is 4.20. The molecule has 0 aromatic carbocycles. The van der Waals surface area contributed by atoms with Crippen LogP contribution in [0.5, 0.6) is 0 Å². The van der Waals surface area contributed by atoms with E-state index in [2.05, 4.69) is 24.1 Å². The number of aromatic nitrogens is 1. The van der Waals surface area contributed by atoms with E-state index in [-0.39, 0.29) is 11.3 Å². The van der Waals surface area contributed by atoms with E-state index in [1.807, 2.05) is 6.92 Å². The predicted octanol–water partition coefficient (Wildman–Crippen LogP) is 2.83. The van der Waals surface area contributed by atoms with Crippen molar-refractivity contribution in [3.8, 4) is 0 Å². The molecule has 0 fully saturated rings. The van der Waals surface area contributed by atoms with Crippen LogP contribution < -0.4 is 5.32 Å². The summed E-state index contributed by atoms with van der Waals surface area (Å²) in [5, 5.41) is 2.83. The lowest BCUT2D eigenvalue weighted by molar-refractivity contribution is 0.0956. The topological polar surface area (TPSA) is 42.0 Å². The van der Waals surface area contributed by atoms with E-state index in [9.17, 15) is 4.79 Å². The second kappa shape index (κ2) is 6.21. The molecule has 0 saturated heterocycles. The van der Waals surface area contributed by atoms with Crippen molar-refractivity contribution < 1.29 is 4.79 Å². The number of hydrogen-bond acceptors (Lipinski definition) is 3. The number of aryl methyl sites for hydroxylation is 1. The molecule has 90 valence electrons. The number of nitrogens with one attached hydrogen (secondary N) is 1. The van der Waals surface area contributed by atoms with Crippen molar-refractivity contribution in [2.75, 3.05) is 6.54 Å². The third-order valence-corrected chi connectivity index (χ3v) is 3.42. The minimum Gasteiger partial charge on any atom is -0.350 e. The van der Waals surface area contributed by atoms with E-state index in [1.54, 1.807) is 5.51 Å². The van der Waals surface area contributed by atoms with Crippen molar-refractivity contribution in [1.29, 1.82) is 0 Å². The fraction of sp³-hybridized carbons (Fsp3) is 0.636. The van der Waals surface area contributed by atoms with Crippen molar-refractivity contribution >= 4 is 28.8 Å². The number of thiazole rings is 1. The molecule has 0 aliphatic rings. The quantitative estimate of drug-likeness (QED) is 0.828. The Balaban J connectivity index is 2.39. The highest BCUT2D eigenvalue weighted by molar-refractivity contribution is 7.11. The van der Waals surface area contributed by atoms with Crippen molar-refractivity contribution in [1.82, 2.24) is 10.3 Å². The first-order valence-electron chi connectivity index (χ1n) is 5.33. The van der Waals surface area contributed by atoms with Gasteiger partial charge in [0, 0.05) is 6.54 Å². The minimum atomic E-state index is -0.0746. The Bertz CT molecular complexity index is 352. The molecule has 1 rings (SSSR count). The summed E-state index contributed by atoms with van der Waals surface area (Å²) >= 11 is 7.45. The van der Waals surface area contributed by atoms with Crippen LogP contribution in [0.3, 0.4) is 0 Å². The summed E-state index contributed by atoms with van der Waals surface area (Å²) in [5.74, 6) is 0.471. The molecular weight excluding hydrogens is 244 g/mol. The molecule has 1 amide bonds. The lowest BCUT2D eigenvalue weighted by Gasteiger charge is -2.12. The van der Waals surface area contributed by atoms with Crippen LogP contribution in [0.1, 0.15) is 35.6 Å². The Morgan fingerprint density at radius 1 is 1.62 bits per heavy atom. The van der Waals surface area contributed by atoms with Gasteiger partial charge < -0.3 is 5.32 Å². The first-order valence-corrected chi connectivity index (χ1v) is 6.64. The molecule has 0 spiro atoms. The molecule has 0 aliphatic carbocycles. The van der Waals surface area contributed by atoms with Crippen molar-refractivity contribution in [3.05, 3.63) is 16.1 Å². The standard InChI is InChI=1S/C11H17ClN2OS/c1-7(2)4-9(12)5-13-11(15)10-8(3)14-6-16-10/h6-7,9H,4-5H2,1-3H3,(H,13,15). The molecule has 16 heavy (non-hydrogen) atoms. The molecule has 3 nitrogen and oxygen atoms in total. The van der Waals surface area contributed by atoms with Crippen molar-refractivity contribution in [2.24, 2.45) is 5.92 Å². The molecule has 1 unspecified atom stereocenters. The maximum Gasteiger partial charge on any atom is 0.263 e. The largest absolute Gasteiger partial charge is 0.350 e. The van der Waals surface area contributed by atoms with E-state index >= 15 is 0 Å². The zero-order valence-corrected chi connectivity index (χ0v) is 11.4. The normalized spacial score (nSPS) is 12.8. The van der Waals surface area contributed by atoms with Crippen LogP contribution in [0.15, 0.2) is 5.51 Å². The van der Waals surface area contributed by atoms with Gasteiger partial charge in [0.15, 0.2) is 0 Å². The van der Waals surface area contributed by atoms with Gasteiger partial charge in [-0.05, 0) is 19.3 Å². The summed E-state index contributed by atoms with van der Waals surface area (Å²) in [7, 11) is 0. The smallest absolute Gasteiger partial charge is 0.263 e. The Kier molecular flexibility index (Phi) is 5.22. The Hall–Kier alpha value is -0.610. The third kappa shape index (κ3) is 4.10. The summed E-state index contributed by atoms with van der Waals surface area (Å²) in [6.07, 6.45) is 0.906. The lowest BCUT2D eigenvalue weighted by atomic mass is 10.1. The van der Waals surface area contributed by atoms with Gasteiger partial charge in [-0.15, -0.1) is 22.9 Å². The van der Waals surface area contributed by atoms with Crippen LogP contribution in [0.2, 0.25) is 0 Å². The molecule has 1 aromatic heterocycles. The van der Waals surface area contributed by atoms with Gasteiger partial charge in [0.2, 0.25) is 0 Å². The Morgan fingerprint density at radius 3 is 2.81 bits per heavy atom. The minimum absolute atomic E-state index is 0.00261. The molecule has 1 atom stereocenters. The van der Waals surface area contributed by atoms with Crippen LogP contribution >= 0.6 is 22.9 Å². The average molecular weight is 261 g/mol. The highest BCUT2D eigenvalue weighted by Crippen LogP contribution is 2.13. The Labute approximate surface area is 105 Å². The summed E-state index contributed by atoms with van der Waals surface area (Å²) in [5.41, 5.74) is 2.45. The monoisotopic (exact) mass is 260 g/mol. The number of amides is 1. The number of carbonyl (C=O) groups excluding carboxylic acids is 1. The fourth-order valence-corrected chi connectivity index (χ4v) is 2.55. The first-order chi connectivity index (χ1) is 7.50. The molecule has 0 bridgehead atoms. The van der Waals surface area contributed by atoms with E-state index < -0.39 is 0 Å². The van der Waals surface area contributed by atoms with Gasteiger partial charge >= 0.3 is 0 Å². The van der Waals surface area contributed by atoms with Crippen LogP contribution in [0.4, 0.5) is 0 Å². The summed E-state index contributed by atoms with van der Waals surface area (Å²) in [6, 6.07) is 0. The zero-order valence-electron chi connectivity index (χ0n) is 9.79. The van der Waals surface area contributed by atoms with E-state index in [0.29, 0.717) is 17.3 Å². The van der Waals surface area contributed by atoms with Gasteiger partial charge in [0.1, 0.15) is 4.88 Å². The third-order valence-electron chi connectivity index (χ3n) is 2.16. The van der Waals surface area contributed by atoms with Crippen molar-refractivity contribution in [2.45, 2.75) is 32.6 Å². The number of hydrogen-bond donors (Lipinski definition) is 1. The summed E-state index contributed by atoms with van der Waals surface area (Å²) < 4.78 is 0. The van der Waals surface area contributed by atoms with E-state index in [4.69, 9.17) is 11.6 Å². The molecule has 5 heteroatoms. The van der Waals surface area contributed by atoms with Gasteiger partial charge in [-0.1, -0.05) is 13.8 Å². The van der Waals surface area contributed by atoms with Crippen molar-refractivity contribution in [3.63, 3.8) is 0 Å². The number of alkyl halides is 1. The molecule has 0 radical (unpaired) electrons. The Morgan fingerprint density at radius 2 is 2.31 bits per heavy atom. The highest BCUT2D eigenvalue weighted by Gasteiger charge is 2.13.